The van der Waals surface area contributed by atoms with Crippen LogP contribution in [0.3, 0.4) is 0 Å². The van der Waals surface area contributed by atoms with Crippen LogP contribution in [0.4, 0.5) is 17.1 Å². The van der Waals surface area contributed by atoms with Crippen LogP contribution in [0.15, 0.2) is 12.1 Å². The van der Waals surface area contributed by atoms with Crippen molar-refractivity contribution < 1.29 is 9.90 Å². The predicted molar refractivity (Wildman–Crippen MR) is 81.8 cm³/mol. The van der Waals surface area contributed by atoms with Crippen molar-refractivity contribution in [2.45, 2.75) is 32.6 Å². The van der Waals surface area contributed by atoms with Crippen LogP contribution in [0, 0.1) is 5.92 Å². The number of aliphatic hydroxyl groups is 1. The lowest BCUT2D eigenvalue weighted by Crippen LogP contribution is -2.20. The van der Waals surface area contributed by atoms with E-state index in [9.17, 15) is 4.79 Å². The fourth-order valence-corrected chi connectivity index (χ4v) is 2.49. The van der Waals surface area contributed by atoms with Crippen LogP contribution in [0.5, 0.6) is 0 Å². The molecule has 1 heterocycles. The number of rotatable bonds is 6. The Morgan fingerprint density at radius 1 is 1.45 bits per heavy atom. The normalized spacial score (nSPS) is 15.4. The van der Waals surface area contributed by atoms with Crippen molar-refractivity contribution in [1.82, 2.24) is 0 Å². The molecule has 0 spiro atoms. The van der Waals surface area contributed by atoms with E-state index < -0.39 is 0 Å². The summed E-state index contributed by atoms with van der Waals surface area (Å²) in [7, 11) is 0. The number of hydrogen-bond donors (Lipinski definition) is 4. The summed E-state index contributed by atoms with van der Waals surface area (Å²) in [4.78, 5) is 11.4. The third kappa shape index (κ3) is 3.42. The Hall–Kier alpha value is -1.75. The molecule has 0 aromatic heterocycles. The predicted octanol–water partition coefficient (Wildman–Crippen LogP) is 1.97. The number of nitrogens with one attached hydrogen (secondary N) is 2. The number of carbonyl (C=O) groups is 1. The molecule has 0 saturated carbocycles. The van der Waals surface area contributed by atoms with Gasteiger partial charge in [-0.3, -0.25) is 4.79 Å². The molecule has 5 N–H and O–H groups in total. The van der Waals surface area contributed by atoms with Crippen LogP contribution in [0.2, 0.25) is 0 Å². The van der Waals surface area contributed by atoms with Crippen LogP contribution in [-0.4, -0.2) is 24.2 Å². The highest BCUT2D eigenvalue weighted by Gasteiger charge is 2.17. The summed E-state index contributed by atoms with van der Waals surface area (Å²) in [6.45, 7) is 3.09. The molecule has 5 heteroatoms. The molecule has 110 valence electrons. The van der Waals surface area contributed by atoms with Crippen LogP contribution >= 0.6 is 0 Å². The van der Waals surface area contributed by atoms with Crippen molar-refractivity contribution in [3.05, 3.63) is 17.7 Å². The molecular formula is C15H23N3O2. The third-order valence-electron chi connectivity index (χ3n) is 3.87. The topological polar surface area (TPSA) is 87.4 Å². The van der Waals surface area contributed by atoms with Crippen LogP contribution in [0.25, 0.3) is 0 Å². The molecule has 0 radical (unpaired) electrons. The first kappa shape index (κ1) is 14.7. The summed E-state index contributed by atoms with van der Waals surface area (Å²) in [6.07, 6.45) is 3.06. The second-order valence-electron chi connectivity index (χ2n) is 5.31. The summed E-state index contributed by atoms with van der Waals surface area (Å²) in [5.74, 6) is 0.477. The van der Waals surface area contributed by atoms with E-state index in [1.807, 2.05) is 12.1 Å². The number of amides is 1. The number of benzene rings is 1. The number of aryl methyl sites for hydroxylation is 1. The molecule has 0 saturated heterocycles. The maximum absolute atomic E-state index is 11.4. The van der Waals surface area contributed by atoms with Crippen molar-refractivity contribution in [1.29, 1.82) is 0 Å². The SMILES string of the molecule is CCC(CCO)CNc1cc2c(cc1N)CCC(=O)N2. The minimum atomic E-state index is 0.0555. The van der Waals surface area contributed by atoms with E-state index in [0.29, 0.717) is 18.0 Å². The zero-order chi connectivity index (χ0) is 14.5. The van der Waals surface area contributed by atoms with Crippen LogP contribution in [-0.2, 0) is 11.2 Å². The molecule has 20 heavy (non-hydrogen) atoms. The van der Waals surface area contributed by atoms with E-state index in [0.717, 1.165) is 42.7 Å². The molecule has 1 aromatic rings. The molecule has 1 atom stereocenters. The van der Waals surface area contributed by atoms with Crippen molar-refractivity contribution in [2.75, 3.05) is 29.5 Å². The lowest BCUT2D eigenvalue weighted by molar-refractivity contribution is -0.116. The first-order valence-corrected chi connectivity index (χ1v) is 7.21. The van der Waals surface area contributed by atoms with E-state index >= 15 is 0 Å². The Morgan fingerprint density at radius 2 is 2.25 bits per heavy atom. The van der Waals surface area contributed by atoms with Gasteiger partial charge in [-0.25, -0.2) is 0 Å². The van der Waals surface area contributed by atoms with Crippen molar-refractivity contribution in [2.24, 2.45) is 5.92 Å². The lowest BCUT2D eigenvalue weighted by atomic mass is 10.0. The highest BCUT2D eigenvalue weighted by molar-refractivity contribution is 5.95. The van der Waals surface area contributed by atoms with Crippen LogP contribution < -0.4 is 16.4 Å². The van der Waals surface area contributed by atoms with Crippen molar-refractivity contribution in [3.63, 3.8) is 0 Å². The van der Waals surface area contributed by atoms with Gasteiger partial charge in [0.2, 0.25) is 5.91 Å². The summed E-state index contributed by atoms with van der Waals surface area (Å²) < 4.78 is 0. The zero-order valence-electron chi connectivity index (χ0n) is 11.9. The molecule has 5 nitrogen and oxygen atoms in total. The fraction of sp³-hybridized carbons (Fsp3) is 0.533. The van der Waals surface area contributed by atoms with Gasteiger partial charge in [-0.2, -0.15) is 0 Å². The third-order valence-corrected chi connectivity index (χ3v) is 3.87. The molecule has 0 aliphatic carbocycles. The van der Waals surface area contributed by atoms with Gasteiger partial charge in [-0.1, -0.05) is 13.3 Å². The fourth-order valence-electron chi connectivity index (χ4n) is 2.49. The van der Waals surface area contributed by atoms with E-state index in [4.69, 9.17) is 10.8 Å². The van der Waals surface area contributed by atoms with Gasteiger partial charge in [0.1, 0.15) is 0 Å². The molecule has 1 aliphatic heterocycles. The second-order valence-corrected chi connectivity index (χ2v) is 5.31. The zero-order valence-corrected chi connectivity index (χ0v) is 11.9. The first-order valence-electron chi connectivity index (χ1n) is 7.21. The Balaban J connectivity index is 2.08. The maximum Gasteiger partial charge on any atom is 0.224 e. The number of nitrogens with two attached hydrogens (primary N) is 1. The molecular weight excluding hydrogens is 254 g/mol. The number of aliphatic hydroxyl groups excluding tert-OH is 1. The van der Waals surface area contributed by atoms with Crippen LogP contribution in [0.1, 0.15) is 31.7 Å². The minimum Gasteiger partial charge on any atom is -0.397 e. The highest BCUT2D eigenvalue weighted by Crippen LogP contribution is 2.31. The summed E-state index contributed by atoms with van der Waals surface area (Å²) in [6, 6.07) is 3.84. The van der Waals surface area contributed by atoms with Gasteiger partial charge >= 0.3 is 0 Å². The number of carbonyl (C=O) groups excluding carboxylic acids is 1. The second kappa shape index (κ2) is 6.61. The van der Waals surface area contributed by atoms with Gasteiger partial charge < -0.3 is 21.5 Å². The highest BCUT2D eigenvalue weighted by atomic mass is 16.3. The van der Waals surface area contributed by atoms with E-state index in [-0.39, 0.29) is 12.5 Å². The minimum absolute atomic E-state index is 0.0555. The number of hydrogen-bond acceptors (Lipinski definition) is 4. The average molecular weight is 277 g/mol. The van der Waals surface area contributed by atoms with Gasteiger partial charge in [0.15, 0.2) is 0 Å². The molecule has 0 fully saturated rings. The molecule has 1 unspecified atom stereocenters. The molecule has 2 rings (SSSR count). The Bertz CT molecular complexity index is 488. The molecule has 1 aliphatic rings. The van der Waals surface area contributed by atoms with E-state index in [1.54, 1.807) is 0 Å². The monoisotopic (exact) mass is 277 g/mol. The first-order chi connectivity index (χ1) is 9.63. The number of fused-ring (bicyclic) bond motifs is 1. The van der Waals surface area contributed by atoms with E-state index in [1.165, 1.54) is 0 Å². The Morgan fingerprint density at radius 3 is 2.95 bits per heavy atom. The van der Waals surface area contributed by atoms with Gasteiger partial charge in [-0.15, -0.1) is 0 Å². The standard InChI is InChI=1S/C15H23N3O2/c1-2-10(5-6-19)9-17-14-8-13-11(7-12(14)16)3-4-15(20)18-13/h7-8,10,17,19H,2-6,9,16H2,1H3,(H,18,20). The molecule has 1 amide bonds. The summed E-state index contributed by atoms with van der Waals surface area (Å²) in [5.41, 5.74) is 9.56. The Kier molecular flexibility index (Phi) is 4.84. The lowest BCUT2D eigenvalue weighted by Gasteiger charge is -2.21. The van der Waals surface area contributed by atoms with Crippen molar-refractivity contribution in [3.8, 4) is 0 Å². The molecule has 0 bridgehead atoms. The van der Waals surface area contributed by atoms with E-state index in [2.05, 4.69) is 17.6 Å². The Labute approximate surface area is 119 Å². The number of nitrogen functional groups attached to an aromatic ring is 1. The average Bonchev–Trinajstić information content (AvgIpc) is 2.44. The number of anilines is 3. The van der Waals surface area contributed by atoms with Gasteiger partial charge in [0.05, 0.1) is 11.4 Å². The van der Waals surface area contributed by atoms with Gasteiger partial charge in [0.25, 0.3) is 0 Å². The van der Waals surface area contributed by atoms with Crippen molar-refractivity contribution >= 4 is 23.0 Å². The molecule has 1 aromatic carbocycles. The largest absolute Gasteiger partial charge is 0.397 e. The van der Waals surface area contributed by atoms with Gasteiger partial charge in [0, 0.05) is 25.3 Å². The summed E-state index contributed by atoms with van der Waals surface area (Å²) >= 11 is 0. The summed E-state index contributed by atoms with van der Waals surface area (Å²) in [5, 5.41) is 15.2. The smallest absolute Gasteiger partial charge is 0.224 e. The maximum atomic E-state index is 11.4. The quantitative estimate of drug-likeness (QED) is 0.599. The van der Waals surface area contributed by atoms with Gasteiger partial charge in [-0.05, 0) is 36.5 Å².